The van der Waals surface area contributed by atoms with E-state index >= 15 is 0 Å². The lowest BCUT2D eigenvalue weighted by Gasteiger charge is -2.22. The van der Waals surface area contributed by atoms with Gasteiger partial charge in [-0.2, -0.15) is 0 Å². The highest BCUT2D eigenvalue weighted by molar-refractivity contribution is 5.46. The molecule has 0 heterocycles. The molecule has 2 rings (SSSR count). The SMILES string of the molecule is CN(C)Cc1cccc(NC2CCCCCCC2)c1. The van der Waals surface area contributed by atoms with Gasteiger partial charge in [0.15, 0.2) is 0 Å². The van der Waals surface area contributed by atoms with Gasteiger partial charge in [0.25, 0.3) is 0 Å². The van der Waals surface area contributed by atoms with Crippen molar-refractivity contribution in [3.63, 3.8) is 0 Å². The smallest absolute Gasteiger partial charge is 0.0345 e. The molecule has 1 aliphatic rings. The van der Waals surface area contributed by atoms with Crippen LogP contribution in [0.1, 0.15) is 50.5 Å². The van der Waals surface area contributed by atoms with Crippen molar-refractivity contribution in [1.82, 2.24) is 4.90 Å². The maximum atomic E-state index is 3.74. The molecule has 1 saturated carbocycles. The number of nitrogens with zero attached hydrogens (tertiary/aromatic N) is 1. The fraction of sp³-hybridized carbons (Fsp3) is 0.647. The number of benzene rings is 1. The Kier molecular flexibility index (Phi) is 5.71. The van der Waals surface area contributed by atoms with Gasteiger partial charge >= 0.3 is 0 Å². The zero-order valence-electron chi connectivity index (χ0n) is 12.5. The second kappa shape index (κ2) is 7.54. The Balaban J connectivity index is 1.93. The first-order valence-corrected chi connectivity index (χ1v) is 7.74. The Morgan fingerprint density at radius 2 is 1.74 bits per heavy atom. The fourth-order valence-electron chi connectivity index (χ4n) is 2.96. The molecule has 0 unspecified atom stereocenters. The predicted molar refractivity (Wildman–Crippen MR) is 83.6 cm³/mol. The van der Waals surface area contributed by atoms with Gasteiger partial charge in [0.1, 0.15) is 0 Å². The molecule has 1 aliphatic carbocycles. The summed E-state index contributed by atoms with van der Waals surface area (Å²) in [7, 11) is 4.24. The third-order valence-electron chi connectivity index (χ3n) is 3.90. The number of nitrogens with one attached hydrogen (secondary N) is 1. The topological polar surface area (TPSA) is 15.3 Å². The third kappa shape index (κ3) is 5.23. The Bertz CT molecular complexity index is 365. The molecule has 0 atom stereocenters. The largest absolute Gasteiger partial charge is 0.382 e. The van der Waals surface area contributed by atoms with E-state index in [1.54, 1.807) is 0 Å². The number of hydrogen-bond acceptors (Lipinski definition) is 2. The van der Waals surface area contributed by atoms with Crippen LogP contribution >= 0.6 is 0 Å². The minimum Gasteiger partial charge on any atom is -0.382 e. The van der Waals surface area contributed by atoms with E-state index < -0.39 is 0 Å². The molecule has 0 saturated heterocycles. The van der Waals surface area contributed by atoms with Crippen LogP contribution in [0.4, 0.5) is 5.69 Å². The van der Waals surface area contributed by atoms with Gasteiger partial charge in [-0.15, -0.1) is 0 Å². The summed E-state index contributed by atoms with van der Waals surface area (Å²) in [5, 5.41) is 3.74. The number of anilines is 1. The molecule has 2 nitrogen and oxygen atoms in total. The van der Waals surface area contributed by atoms with Crippen molar-refractivity contribution in [2.75, 3.05) is 19.4 Å². The van der Waals surface area contributed by atoms with Crippen LogP contribution < -0.4 is 5.32 Å². The lowest BCUT2D eigenvalue weighted by atomic mass is 9.96. The minimum absolute atomic E-state index is 0.676. The molecule has 0 aromatic heterocycles. The maximum Gasteiger partial charge on any atom is 0.0345 e. The lowest BCUT2D eigenvalue weighted by molar-refractivity contribution is 0.402. The average Bonchev–Trinajstić information content (AvgIpc) is 2.32. The normalized spacial score (nSPS) is 18.1. The summed E-state index contributed by atoms with van der Waals surface area (Å²) in [5.74, 6) is 0. The quantitative estimate of drug-likeness (QED) is 0.869. The standard InChI is InChI=1S/C17H28N2/c1-19(2)14-15-9-8-12-17(13-15)18-16-10-6-4-3-5-7-11-16/h8-9,12-13,16,18H,3-7,10-11,14H2,1-2H3. The molecule has 2 heteroatoms. The third-order valence-corrected chi connectivity index (χ3v) is 3.90. The van der Waals surface area contributed by atoms with Crippen LogP contribution in [-0.2, 0) is 6.54 Å². The van der Waals surface area contributed by atoms with E-state index in [4.69, 9.17) is 0 Å². The van der Waals surface area contributed by atoms with Crippen LogP contribution in [-0.4, -0.2) is 25.0 Å². The van der Waals surface area contributed by atoms with E-state index in [0.717, 1.165) is 6.54 Å². The van der Waals surface area contributed by atoms with E-state index in [2.05, 4.69) is 48.6 Å². The predicted octanol–water partition coefficient (Wildman–Crippen LogP) is 4.27. The van der Waals surface area contributed by atoms with Crippen molar-refractivity contribution in [2.24, 2.45) is 0 Å². The first kappa shape index (κ1) is 14.4. The molecule has 1 fully saturated rings. The van der Waals surface area contributed by atoms with E-state index in [9.17, 15) is 0 Å². The maximum absolute atomic E-state index is 3.74. The molecular weight excluding hydrogens is 232 g/mol. The fourth-order valence-corrected chi connectivity index (χ4v) is 2.96. The molecule has 0 aliphatic heterocycles. The highest BCUT2D eigenvalue weighted by Crippen LogP contribution is 2.21. The second-order valence-electron chi connectivity index (χ2n) is 6.12. The van der Waals surface area contributed by atoms with Gasteiger partial charge in [0, 0.05) is 18.3 Å². The van der Waals surface area contributed by atoms with Crippen LogP contribution in [0.3, 0.4) is 0 Å². The summed E-state index contributed by atoms with van der Waals surface area (Å²) >= 11 is 0. The molecule has 1 N–H and O–H groups in total. The van der Waals surface area contributed by atoms with Crippen molar-refractivity contribution in [1.29, 1.82) is 0 Å². The molecule has 1 aromatic carbocycles. The number of rotatable bonds is 4. The van der Waals surface area contributed by atoms with Crippen molar-refractivity contribution in [2.45, 2.75) is 57.5 Å². The summed E-state index contributed by atoms with van der Waals surface area (Å²) in [6.07, 6.45) is 9.70. The summed E-state index contributed by atoms with van der Waals surface area (Å²) < 4.78 is 0. The second-order valence-corrected chi connectivity index (χ2v) is 6.12. The van der Waals surface area contributed by atoms with E-state index in [-0.39, 0.29) is 0 Å². The molecular formula is C17H28N2. The summed E-state index contributed by atoms with van der Waals surface area (Å²) in [6.45, 7) is 1.01. The van der Waals surface area contributed by atoms with Crippen molar-refractivity contribution in [3.8, 4) is 0 Å². The first-order valence-electron chi connectivity index (χ1n) is 7.74. The molecule has 106 valence electrons. The van der Waals surface area contributed by atoms with Crippen LogP contribution in [0.5, 0.6) is 0 Å². The van der Waals surface area contributed by atoms with Crippen molar-refractivity contribution < 1.29 is 0 Å². The van der Waals surface area contributed by atoms with Crippen LogP contribution in [0, 0.1) is 0 Å². The van der Waals surface area contributed by atoms with Crippen molar-refractivity contribution >= 4 is 5.69 Å². The summed E-state index contributed by atoms with van der Waals surface area (Å²) in [4.78, 5) is 2.22. The highest BCUT2D eigenvalue weighted by atomic mass is 15.0. The van der Waals surface area contributed by atoms with E-state index in [1.165, 1.54) is 56.2 Å². The van der Waals surface area contributed by atoms with Gasteiger partial charge in [-0.1, -0.05) is 44.2 Å². The molecule has 0 amide bonds. The minimum atomic E-state index is 0.676. The van der Waals surface area contributed by atoms with Gasteiger partial charge in [-0.05, 0) is 44.6 Å². The van der Waals surface area contributed by atoms with Gasteiger partial charge in [0.05, 0.1) is 0 Å². The molecule has 1 aromatic rings. The van der Waals surface area contributed by atoms with Gasteiger partial charge < -0.3 is 10.2 Å². The van der Waals surface area contributed by atoms with Gasteiger partial charge in [0.2, 0.25) is 0 Å². The average molecular weight is 260 g/mol. The van der Waals surface area contributed by atoms with Gasteiger partial charge in [-0.25, -0.2) is 0 Å². The highest BCUT2D eigenvalue weighted by Gasteiger charge is 2.11. The van der Waals surface area contributed by atoms with Crippen LogP contribution in [0.2, 0.25) is 0 Å². The van der Waals surface area contributed by atoms with Crippen LogP contribution in [0.25, 0.3) is 0 Å². The van der Waals surface area contributed by atoms with Crippen molar-refractivity contribution in [3.05, 3.63) is 29.8 Å². The summed E-state index contributed by atoms with van der Waals surface area (Å²) in [6, 6.07) is 9.57. The molecule has 19 heavy (non-hydrogen) atoms. The first-order chi connectivity index (χ1) is 9.24. The lowest BCUT2D eigenvalue weighted by Crippen LogP contribution is -2.20. The Labute approximate surface area is 118 Å². The zero-order chi connectivity index (χ0) is 13.5. The molecule has 0 bridgehead atoms. The summed E-state index contributed by atoms with van der Waals surface area (Å²) in [5.41, 5.74) is 2.69. The molecule has 0 spiro atoms. The molecule has 0 radical (unpaired) electrons. The Hall–Kier alpha value is -1.02. The Morgan fingerprint density at radius 3 is 2.42 bits per heavy atom. The van der Waals surface area contributed by atoms with Gasteiger partial charge in [-0.3, -0.25) is 0 Å². The van der Waals surface area contributed by atoms with E-state index in [1.807, 2.05) is 0 Å². The zero-order valence-corrected chi connectivity index (χ0v) is 12.5. The monoisotopic (exact) mass is 260 g/mol. The van der Waals surface area contributed by atoms with E-state index in [0.29, 0.717) is 6.04 Å². The van der Waals surface area contributed by atoms with Crippen LogP contribution in [0.15, 0.2) is 24.3 Å². The number of hydrogen-bond donors (Lipinski definition) is 1. The Morgan fingerprint density at radius 1 is 1.05 bits per heavy atom.